The molecule has 2 atom stereocenters. The highest BCUT2D eigenvalue weighted by Gasteiger charge is 2.22. The summed E-state index contributed by atoms with van der Waals surface area (Å²) in [5.74, 6) is 1.55. The average Bonchev–Trinajstić information content (AvgIpc) is 2.46. The van der Waals surface area contributed by atoms with Gasteiger partial charge in [-0.1, -0.05) is 12.1 Å². The van der Waals surface area contributed by atoms with Crippen molar-refractivity contribution in [1.29, 1.82) is 0 Å². The third-order valence-corrected chi connectivity index (χ3v) is 3.75. The van der Waals surface area contributed by atoms with Crippen molar-refractivity contribution in [1.82, 2.24) is 5.32 Å². The van der Waals surface area contributed by atoms with Gasteiger partial charge >= 0.3 is 0 Å². The molecule has 1 fully saturated rings. The first-order chi connectivity index (χ1) is 8.83. The molecule has 3 heteroatoms. The van der Waals surface area contributed by atoms with Gasteiger partial charge in [-0.15, -0.1) is 0 Å². The molecule has 1 saturated heterocycles. The first-order valence-corrected chi connectivity index (χ1v) is 6.71. The highest BCUT2D eigenvalue weighted by Crippen LogP contribution is 2.21. The fourth-order valence-electron chi connectivity index (χ4n) is 2.60. The van der Waals surface area contributed by atoms with Gasteiger partial charge in [-0.25, -0.2) is 0 Å². The van der Waals surface area contributed by atoms with Gasteiger partial charge in [-0.2, -0.15) is 0 Å². The monoisotopic (exact) mass is 249 g/mol. The maximum Gasteiger partial charge on any atom is 0.118 e. The Balaban J connectivity index is 1.95. The Kier molecular flexibility index (Phi) is 5.02. The second-order valence-corrected chi connectivity index (χ2v) is 4.92. The number of hydrogen-bond donors (Lipinski definition) is 1. The first kappa shape index (κ1) is 13.4. The molecule has 1 aliphatic rings. The highest BCUT2D eigenvalue weighted by molar-refractivity contribution is 5.27. The molecule has 100 valence electrons. The molecule has 0 spiro atoms. The van der Waals surface area contributed by atoms with Gasteiger partial charge in [-0.05, 0) is 49.9 Å². The van der Waals surface area contributed by atoms with E-state index in [2.05, 4.69) is 17.4 Å². The van der Waals surface area contributed by atoms with Crippen molar-refractivity contribution < 1.29 is 9.47 Å². The summed E-state index contributed by atoms with van der Waals surface area (Å²) in [7, 11) is 3.74. The zero-order valence-corrected chi connectivity index (χ0v) is 11.3. The van der Waals surface area contributed by atoms with Crippen LogP contribution in [0.5, 0.6) is 5.75 Å². The number of nitrogens with one attached hydrogen (secondary N) is 1. The minimum Gasteiger partial charge on any atom is -0.497 e. The van der Waals surface area contributed by atoms with E-state index in [1.165, 1.54) is 18.4 Å². The van der Waals surface area contributed by atoms with Crippen LogP contribution in [-0.4, -0.2) is 33.4 Å². The van der Waals surface area contributed by atoms with Gasteiger partial charge in [0.25, 0.3) is 0 Å². The van der Waals surface area contributed by atoms with E-state index in [0.717, 1.165) is 25.4 Å². The third kappa shape index (κ3) is 3.47. The van der Waals surface area contributed by atoms with E-state index in [0.29, 0.717) is 12.0 Å². The molecule has 0 aliphatic carbocycles. The zero-order chi connectivity index (χ0) is 12.8. The molecular weight excluding hydrogens is 226 g/mol. The molecule has 1 heterocycles. The number of rotatable bonds is 5. The Hall–Kier alpha value is -1.06. The normalized spacial score (nSPS) is 21.6. The molecule has 0 aromatic heterocycles. The van der Waals surface area contributed by atoms with Crippen molar-refractivity contribution in [3.8, 4) is 5.75 Å². The van der Waals surface area contributed by atoms with E-state index < -0.39 is 0 Å². The fourth-order valence-corrected chi connectivity index (χ4v) is 2.60. The van der Waals surface area contributed by atoms with Gasteiger partial charge in [0.05, 0.1) is 13.7 Å². The van der Waals surface area contributed by atoms with Crippen LogP contribution in [0.3, 0.4) is 0 Å². The van der Waals surface area contributed by atoms with Crippen molar-refractivity contribution >= 4 is 0 Å². The molecule has 0 amide bonds. The van der Waals surface area contributed by atoms with Crippen LogP contribution in [0.15, 0.2) is 24.3 Å². The van der Waals surface area contributed by atoms with Crippen molar-refractivity contribution in [2.75, 3.05) is 27.4 Å². The maximum atomic E-state index is 5.58. The summed E-state index contributed by atoms with van der Waals surface area (Å²) in [6.07, 6.45) is 3.50. The van der Waals surface area contributed by atoms with Crippen LogP contribution in [0.4, 0.5) is 0 Å². The second-order valence-electron chi connectivity index (χ2n) is 4.92. The van der Waals surface area contributed by atoms with E-state index in [-0.39, 0.29) is 0 Å². The summed E-state index contributed by atoms with van der Waals surface area (Å²) in [6.45, 7) is 1.82. The number of likely N-dealkylation sites (N-methyl/N-ethyl adjacent to an activating group) is 1. The summed E-state index contributed by atoms with van der Waals surface area (Å²) in [4.78, 5) is 0. The summed E-state index contributed by atoms with van der Waals surface area (Å²) >= 11 is 0. The van der Waals surface area contributed by atoms with Crippen molar-refractivity contribution in [3.05, 3.63) is 29.8 Å². The lowest BCUT2D eigenvalue weighted by Gasteiger charge is -2.30. The van der Waals surface area contributed by atoms with Crippen LogP contribution < -0.4 is 10.1 Å². The molecule has 1 aliphatic heterocycles. The lowest BCUT2D eigenvalue weighted by molar-refractivity contribution is 0.0405. The van der Waals surface area contributed by atoms with Crippen LogP contribution in [0.25, 0.3) is 0 Å². The van der Waals surface area contributed by atoms with E-state index in [1.807, 2.05) is 19.2 Å². The molecular formula is C15H23NO2. The van der Waals surface area contributed by atoms with Crippen molar-refractivity contribution in [2.45, 2.75) is 25.3 Å². The summed E-state index contributed by atoms with van der Waals surface area (Å²) in [6, 6.07) is 8.84. The van der Waals surface area contributed by atoms with E-state index >= 15 is 0 Å². The topological polar surface area (TPSA) is 30.5 Å². The van der Waals surface area contributed by atoms with Gasteiger partial charge in [0.2, 0.25) is 0 Å². The molecule has 2 unspecified atom stereocenters. The van der Waals surface area contributed by atoms with Gasteiger partial charge in [0.1, 0.15) is 5.75 Å². The van der Waals surface area contributed by atoms with E-state index in [1.54, 1.807) is 7.11 Å². The van der Waals surface area contributed by atoms with Gasteiger partial charge in [-0.3, -0.25) is 0 Å². The van der Waals surface area contributed by atoms with Gasteiger partial charge in [0, 0.05) is 12.6 Å². The molecule has 1 aromatic rings. The van der Waals surface area contributed by atoms with Crippen LogP contribution in [-0.2, 0) is 11.2 Å². The predicted molar refractivity (Wildman–Crippen MR) is 73.1 cm³/mol. The molecule has 1 aromatic carbocycles. The van der Waals surface area contributed by atoms with Crippen LogP contribution in [0.1, 0.15) is 18.4 Å². The minimum absolute atomic E-state index is 0.499. The SMILES string of the molecule is CNC(Cc1ccc(OC)cc1)C1CCCOC1. The van der Waals surface area contributed by atoms with E-state index in [9.17, 15) is 0 Å². The minimum atomic E-state index is 0.499. The molecule has 0 bridgehead atoms. The number of hydrogen-bond acceptors (Lipinski definition) is 3. The van der Waals surface area contributed by atoms with E-state index in [4.69, 9.17) is 9.47 Å². The van der Waals surface area contributed by atoms with Gasteiger partial charge in [0.15, 0.2) is 0 Å². The Morgan fingerprint density at radius 2 is 2.17 bits per heavy atom. The average molecular weight is 249 g/mol. The summed E-state index contributed by atoms with van der Waals surface area (Å²) in [5, 5.41) is 3.44. The Labute approximate surface area is 109 Å². The highest BCUT2D eigenvalue weighted by atomic mass is 16.5. The Morgan fingerprint density at radius 3 is 2.72 bits per heavy atom. The second kappa shape index (κ2) is 6.76. The largest absolute Gasteiger partial charge is 0.497 e. The Morgan fingerprint density at radius 1 is 1.39 bits per heavy atom. The maximum absolute atomic E-state index is 5.58. The van der Waals surface area contributed by atoms with Gasteiger partial charge < -0.3 is 14.8 Å². The standard InChI is InChI=1S/C15H23NO2/c1-16-15(13-4-3-9-18-11-13)10-12-5-7-14(17-2)8-6-12/h5-8,13,15-16H,3-4,9-11H2,1-2H3. The Bertz CT molecular complexity index is 344. The zero-order valence-electron chi connectivity index (χ0n) is 11.3. The molecule has 3 nitrogen and oxygen atoms in total. The van der Waals surface area contributed by atoms with Crippen molar-refractivity contribution in [2.24, 2.45) is 5.92 Å². The first-order valence-electron chi connectivity index (χ1n) is 6.71. The summed E-state index contributed by atoms with van der Waals surface area (Å²) in [5.41, 5.74) is 1.35. The summed E-state index contributed by atoms with van der Waals surface area (Å²) < 4.78 is 10.8. The number of ether oxygens (including phenoxy) is 2. The quantitative estimate of drug-likeness (QED) is 0.868. The predicted octanol–water partition coefficient (Wildman–Crippen LogP) is 2.25. The molecule has 18 heavy (non-hydrogen) atoms. The third-order valence-electron chi connectivity index (χ3n) is 3.75. The number of methoxy groups -OCH3 is 1. The van der Waals surface area contributed by atoms with Crippen LogP contribution in [0.2, 0.25) is 0 Å². The van der Waals surface area contributed by atoms with Crippen LogP contribution in [0, 0.1) is 5.92 Å². The number of benzene rings is 1. The smallest absolute Gasteiger partial charge is 0.118 e. The fraction of sp³-hybridized carbons (Fsp3) is 0.600. The lowest BCUT2D eigenvalue weighted by Crippen LogP contribution is -2.39. The molecule has 1 N–H and O–H groups in total. The molecule has 0 radical (unpaired) electrons. The molecule has 0 saturated carbocycles. The lowest BCUT2D eigenvalue weighted by atomic mass is 9.89. The van der Waals surface area contributed by atoms with Crippen molar-refractivity contribution in [3.63, 3.8) is 0 Å². The molecule has 2 rings (SSSR count). The van der Waals surface area contributed by atoms with Crippen LogP contribution >= 0.6 is 0 Å².